The van der Waals surface area contributed by atoms with Gasteiger partial charge in [-0.2, -0.15) is 0 Å². The highest BCUT2D eigenvalue weighted by atomic mass is 16.6. The lowest BCUT2D eigenvalue weighted by Gasteiger charge is -2.42. The molecule has 107 heavy (non-hydrogen) atoms. The Kier molecular flexibility index (Phi) is 23.6. The number of nitrogens with two attached hydrogens (primary N) is 3. The zero-order valence-electron chi connectivity index (χ0n) is 59.0. The topological polar surface area (TPSA) is 342 Å². The Morgan fingerprint density at radius 2 is 0.888 bits per heavy atom. The summed E-state index contributed by atoms with van der Waals surface area (Å²) in [5, 5.41) is 25.4. The van der Waals surface area contributed by atoms with Crippen LogP contribution in [0.2, 0.25) is 0 Å². The zero-order valence-corrected chi connectivity index (χ0v) is 59.0. The molecule has 8 N–H and O–H groups in total. The second-order valence-electron chi connectivity index (χ2n) is 26.0. The Morgan fingerprint density at radius 1 is 0.449 bits per heavy atom. The third-order valence-electron chi connectivity index (χ3n) is 19.5. The van der Waals surface area contributed by atoms with Crippen molar-refractivity contribution in [3.63, 3.8) is 0 Å². The third-order valence-corrected chi connectivity index (χ3v) is 19.5. The second-order valence-corrected chi connectivity index (χ2v) is 26.0. The number of nitro groups is 2. The number of para-hydroxylation sites is 6. The molecule has 6 aromatic heterocycles. The fourth-order valence-electron chi connectivity index (χ4n) is 14.1. The number of hydrogen-bond acceptors (Lipinski definition) is 23. The number of non-ortho nitro benzene ring substituents is 1. The number of fused-ring (bicyclic) bond motifs is 6. The van der Waals surface area contributed by atoms with Crippen LogP contribution in [0.3, 0.4) is 0 Å². The van der Waals surface area contributed by atoms with E-state index in [0.29, 0.717) is 28.7 Å². The maximum absolute atomic E-state index is 10.6. The molecule has 3 aliphatic heterocycles. The third kappa shape index (κ3) is 17.8. The van der Waals surface area contributed by atoms with Crippen molar-refractivity contribution in [3.05, 3.63) is 269 Å². The van der Waals surface area contributed by atoms with Crippen LogP contribution in [0.4, 0.5) is 51.2 Å². The first kappa shape index (κ1) is 72.3. The van der Waals surface area contributed by atoms with Crippen molar-refractivity contribution in [3.8, 4) is 0 Å². The minimum Gasteiger partial charge on any atom is -0.397 e. The number of nitrogens with zero attached hydrogens (tertiary/aromatic N) is 18. The lowest BCUT2D eigenvalue weighted by Crippen LogP contribution is -2.51. The molecule has 9 heterocycles. The van der Waals surface area contributed by atoms with E-state index in [2.05, 4.69) is 162 Å². The van der Waals surface area contributed by atoms with Gasteiger partial charge >= 0.3 is 0 Å². The maximum atomic E-state index is 10.6. The predicted molar refractivity (Wildman–Crippen MR) is 423 cm³/mol. The monoisotopic (exact) mass is 1430 g/mol. The lowest BCUT2D eigenvalue weighted by molar-refractivity contribution is -0.383. The standard InChI is InChI=1S/C27H28N6.C19H20N4.C12H14N4.C8H5N3O2.C8H7N3.C6H7N3O2/c1-28-20-7-10-24-22(17-20)23(18-31-24)19-5-8-21(9-6-19)32-13-15-33(16-14-32)26-4-2-3-25-27(26)30-12-11-29-25;1-2-5-16(6-3-1)15-22-11-13-23(14-12-22)18-8-4-7-17-19(18)21-10-9-20-17;1-2-10-12(15-5-4-14-10)11(3-1)16-8-6-13-7-9-16;12-11(13)7-3-1-2-6-8(7)10-5-4-9-6;9-6-2-1-3-7-8(6)11-5-4-10-7;7-4-2-1-3-5(6(4)8)9(10)11/h2-4,7,10-12,17-19,21,31H,5-6,8-9,13-16H2;1-10H,11-15H2;1-5,13H,6-9H2;1-5H;1-5H,9H2;1-3H,7-8H2. The summed E-state index contributed by atoms with van der Waals surface area (Å²) >= 11 is 0. The van der Waals surface area contributed by atoms with Gasteiger partial charge < -0.3 is 42.2 Å². The number of aromatic amines is 1. The predicted octanol–water partition coefficient (Wildman–Crippen LogP) is 13.0. The van der Waals surface area contributed by atoms with Crippen molar-refractivity contribution >= 4 is 117 Å². The van der Waals surface area contributed by atoms with Crippen molar-refractivity contribution in [1.82, 2.24) is 69.9 Å². The minimum atomic E-state index is -0.564. The second kappa shape index (κ2) is 35.0. The zero-order chi connectivity index (χ0) is 73.9. The van der Waals surface area contributed by atoms with Crippen LogP contribution in [0.25, 0.3) is 70.9 Å². The van der Waals surface area contributed by atoms with Gasteiger partial charge in [-0.1, -0.05) is 72.8 Å². The van der Waals surface area contributed by atoms with Gasteiger partial charge in [0.2, 0.25) is 0 Å². The molecule has 0 amide bonds. The summed E-state index contributed by atoms with van der Waals surface area (Å²) in [7, 11) is 0. The molecule has 4 fully saturated rings. The highest BCUT2D eigenvalue weighted by Gasteiger charge is 2.31. The number of nitrogen functional groups attached to an aromatic ring is 3. The molecule has 0 radical (unpaired) electrons. The summed E-state index contributed by atoms with van der Waals surface area (Å²) in [6.07, 6.45) is 23.9. The van der Waals surface area contributed by atoms with Gasteiger partial charge in [-0.15, -0.1) is 0 Å². The van der Waals surface area contributed by atoms with Gasteiger partial charge in [0.1, 0.15) is 27.8 Å². The van der Waals surface area contributed by atoms with Crippen molar-refractivity contribution in [1.29, 1.82) is 0 Å². The molecule has 18 rings (SSSR count). The molecular weight excluding hydrogens is 1350 g/mol. The van der Waals surface area contributed by atoms with Crippen LogP contribution < -0.4 is 37.2 Å². The summed E-state index contributed by atoms with van der Waals surface area (Å²) in [6, 6.07) is 50.7. The van der Waals surface area contributed by atoms with Gasteiger partial charge in [-0.3, -0.25) is 74.9 Å². The Morgan fingerprint density at radius 3 is 1.40 bits per heavy atom. The van der Waals surface area contributed by atoms with E-state index < -0.39 is 9.85 Å². The number of nitrogens with one attached hydrogen (secondary N) is 2. The van der Waals surface area contributed by atoms with Crippen LogP contribution in [0, 0.1) is 26.8 Å². The highest BCUT2D eigenvalue weighted by molar-refractivity contribution is 5.91. The Bertz CT molecular complexity index is 5360. The molecule has 14 aromatic rings. The van der Waals surface area contributed by atoms with Gasteiger partial charge in [0.05, 0.1) is 72.4 Å². The molecule has 1 saturated carbocycles. The van der Waals surface area contributed by atoms with Crippen LogP contribution in [0.5, 0.6) is 0 Å². The largest absolute Gasteiger partial charge is 0.397 e. The fourth-order valence-corrected chi connectivity index (χ4v) is 14.1. The number of benzene rings is 8. The van der Waals surface area contributed by atoms with Gasteiger partial charge in [-0.25, -0.2) is 9.83 Å². The van der Waals surface area contributed by atoms with E-state index in [4.69, 9.17) is 23.8 Å². The first-order chi connectivity index (χ1) is 52.4. The first-order valence-corrected chi connectivity index (χ1v) is 35.6. The van der Waals surface area contributed by atoms with Crippen LogP contribution in [0.1, 0.15) is 42.7 Å². The number of rotatable bonds is 9. The van der Waals surface area contributed by atoms with E-state index in [0.717, 1.165) is 140 Å². The molecule has 0 atom stereocenters. The molecule has 1 aliphatic carbocycles. The highest BCUT2D eigenvalue weighted by Crippen LogP contribution is 2.40. The number of nitro benzene ring substituents is 2. The van der Waals surface area contributed by atoms with Crippen LogP contribution >= 0.6 is 0 Å². The lowest BCUT2D eigenvalue weighted by atomic mass is 9.81. The van der Waals surface area contributed by atoms with Gasteiger partial charge in [0.15, 0.2) is 11.2 Å². The fraction of sp³-hybridized carbons (Fsp3) is 0.237. The van der Waals surface area contributed by atoms with Crippen molar-refractivity contribution in [2.24, 2.45) is 0 Å². The SMILES string of the molecule is Nc1cccc([N+](=O)[O-])c1N.Nc1cccc2nccnc12.O=[N+]([O-])c1cccc2nccnc12.[C-]#[N+]c1ccc2[nH]cc(C3CCC(N4CCN(c5cccc6nccnc56)CC4)CC3)c2c1.c1cc(N2CCNCC2)c2nccnc2c1.c1ccc(CN2CCN(c3cccc4nccnc34)CC2)cc1. The average Bonchev–Trinajstić information content (AvgIpc) is 1.10. The Labute approximate surface area is 617 Å². The molecular formula is C80H81N23O4. The van der Waals surface area contributed by atoms with Gasteiger partial charge in [-0.05, 0) is 121 Å². The molecule has 0 spiro atoms. The molecule has 0 unspecified atom stereocenters. The summed E-state index contributed by atoms with van der Waals surface area (Å²) in [4.78, 5) is 82.1. The Balaban J connectivity index is 0.000000120. The molecule has 540 valence electrons. The quantitative estimate of drug-likeness (QED) is 0.0388. The molecule has 4 aliphatic rings. The van der Waals surface area contributed by atoms with Gasteiger partial charge in [0, 0.05) is 177 Å². The number of anilines is 6. The number of aromatic nitrogens is 11. The Hall–Kier alpha value is -13.0. The van der Waals surface area contributed by atoms with E-state index >= 15 is 0 Å². The van der Waals surface area contributed by atoms with Crippen LogP contribution in [0.15, 0.2) is 226 Å². The molecule has 27 heteroatoms. The number of piperazine rings is 3. The maximum Gasteiger partial charge on any atom is 0.297 e. The normalized spacial score (nSPS) is 15.9. The minimum absolute atomic E-state index is 0.00870. The average molecular weight is 1430 g/mol. The van der Waals surface area contributed by atoms with E-state index in [1.807, 2.05) is 54.6 Å². The van der Waals surface area contributed by atoms with Crippen LogP contribution in [-0.4, -0.2) is 159 Å². The molecule has 0 bridgehead atoms. The summed E-state index contributed by atoms with van der Waals surface area (Å²) in [5.41, 5.74) is 33.8. The van der Waals surface area contributed by atoms with Gasteiger partial charge in [0.25, 0.3) is 11.4 Å². The van der Waals surface area contributed by atoms with E-state index in [-0.39, 0.29) is 22.7 Å². The number of H-pyrrole nitrogens is 1. The van der Waals surface area contributed by atoms with Crippen molar-refractivity contribution in [2.45, 2.75) is 44.2 Å². The summed E-state index contributed by atoms with van der Waals surface area (Å²) < 4.78 is 0. The van der Waals surface area contributed by atoms with Crippen molar-refractivity contribution < 1.29 is 9.85 Å². The van der Waals surface area contributed by atoms with Crippen LogP contribution in [-0.2, 0) is 6.54 Å². The molecule has 27 nitrogen and oxygen atoms in total. The summed E-state index contributed by atoms with van der Waals surface area (Å²) in [6.45, 7) is 21.0. The number of hydrogen-bond donors (Lipinski definition) is 5. The van der Waals surface area contributed by atoms with E-state index in [1.165, 1.54) is 95.9 Å². The molecule has 8 aromatic carbocycles. The summed E-state index contributed by atoms with van der Waals surface area (Å²) in [5.74, 6) is 0.589. The smallest absolute Gasteiger partial charge is 0.297 e. The first-order valence-electron chi connectivity index (χ1n) is 35.6. The van der Waals surface area contributed by atoms with E-state index in [1.54, 1.807) is 61.7 Å². The van der Waals surface area contributed by atoms with E-state index in [9.17, 15) is 20.2 Å². The van der Waals surface area contributed by atoms with Crippen molar-refractivity contribution in [2.75, 3.05) is 110 Å². The molecule has 3 saturated heterocycles.